The van der Waals surface area contributed by atoms with Crippen LogP contribution in [-0.2, 0) is 0 Å². The maximum absolute atomic E-state index is 12.5. The number of likely N-dealkylation sites (tertiary alicyclic amines) is 2. The molecule has 2 saturated heterocycles. The monoisotopic (exact) mass is 486 g/mol. The largest absolute Gasteiger partial charge is 0.326 e. The van der Waals surface area contributed by atoms with Crippen LogP contribution in [0.15, 0.2) is 70.3 Å². The maximum Gasteiger partial charge on any atom is 0.326 e. The summed E-state index contributed by atoms with van der Waals surface area (Å²) in [6, 6.07) is 16.5. The Bertz CT molecular complexity index is 1360. The van der Waals surface area contributed by atoms with Gasteiger partial charge in [0.1, 0.15) is 0 Å². The molecular formula is C28H34N6O2. The number of nitrogens with one attached hydrogen (secondary N) is 2. The molecule has 2 aromatic heterocycles. The Morgan fingerprint density at radius 1 is 0.639 bits per heavy atom. The van der Waals surface area contributed by atoms with Gasteiger partial charge in [0.05, 0.1) is 22.1 Å². The highest BCUT2D eigenvalue weighted by Crippen LogP contribution is 2.26. The van der Waals surface area contributed by atoms with Gasteiger partial charge in [-0.05, 0) is 49.9 Å². The molecule has 0 bridgehead atoms. The number of hydrogen-bond acceptors (Lipinski definition) is 4. The molecule has 188 valence electrons. The molecule has 0 aliphatic carbocycles. The first-order valence-electron chi connectivity index (χ1n) is 13.2. The average Bonchev–Trinajstić information content (AvgIpc) is 3.42. The van der Waals surface area contributed by atoms with E-state index in [0.717, 1.165) is 87.0 Å². The third kappa shape index (κ3) is 4.47. The van der Waals surface area contributed by atoms with Crippen LogP contribution in [-0.4, -0.2) is 68.2 Å². The molecule has 0 atom stereocenters. The Kier molecular flexibility index (Phi) is 6.37. The van der Waals surface area contributed by atoms with Crippen LogP contribution in [0.25, 0.3) is 22.1 Å². The third-order valence-electron chi connectivity index (χ3n) is 7.99. The summed E-state index contributed by atoms with van der Waals surface area (Å²) in [7, 11) is 0. The van der Waals surface area contributed by atoms with Crippen molar-refractivity contribution in [3.63, 3.8) is 0 Å². The molecule has 0 unspecified atom stereocenters. The highest BCUT2D eigenvalue weighted by molar-refractivity contribution is 5.75. The van der Waals surface area contributed by atoms with Gasteiger partial charge in [0.25, 0.3) is 0 Å². The topological polar surface area (TPSA) is 82.1 Å². The van der Waals surface area contributed by atoms with Gasteiger partial charge in [-0.25, -0.2) is 9.59 Å². The summed E-state index contributed by atoms with van der Waals surface area (Å²) in [5, 5.41) is 0. The predicted molar refractivity (Wildman–Crippen MR) is 144 cm³/mol. The Morgan fingerprint density at radius 3 is 1.44 bits per heavy atom. The summed E-state index contributed by atoms with van der Waals surface area (Å²) < 4.78 is 3.91. The van der Waals surface area contributed by atoms with E-state index in [0.29, 0.717) is 0 Å². The molecule has 2 N–H and O–H groups in total. The molecule has 8 nitrogen and oxygen atoms in total. The lowest BCUT2D eigenvalue weighted by atomic mass is 10.0. The van der Waals surface area contributed by atoms with Gasteiger partial charge in [-0.3, -0.25) is 18.9 Å². The van der Waals surface area contributed by atoms with E-state index in [9.17, 15) is 9.59 Å². The van der Waals surface area contributed by atoms with Crippen molar-refractivity contribution in [3.05, 3.63) is 81.7 Å². The van der Waals surface area contributed by atoms with Gasteiger partial charge in [-0.1, -0.05) is 36.4 Å². The number of fused-ring (bicyclic) bond motifs is 2. The van der Waals surface area contributed by atoms with Crippen molar-refractivity contribution in [1.82, 2.24) is 28.9 Å². The minimum absolute atomic E-state index is 0.00730. The zero-order chi connectivity index (χ0) is 24.5. The molecule has 4 aromatic rings. The minimum Gasteiger partial charge on any atom is -0.306 e. The molecule has 0 radical (unpaired) electrons. The molecule has 0 spiro atoms. The number of imidazole rings is 2. The summed E-state index contributed by atoms with van der Waals surface area (Å²) in [5.74, 6) is 0. The second-order valence-electron chi connectivity index (χ2n) is 10.2. The Morgan fingerprint density at radius 2 is 1.03 bits per heavy atom. The zero-order valence-electron chi connectivity index (χ0n) is 20.6. The van der Waals surface area contributed by atoms with Gasteiger partial charge in [0.15, 0.2) is 0 Å². The molecule has 6 rings (SSSR count). The van der Waals surface area contributed by atoms with Crippen molar-refractivity contribution in [2.75, 3.05) is 39.3 Å². The number of para-hydroxylation sites is 4. The minimum atomic E-state index is 0.00730. The molecule has 4 heterocycles. The fourth-order valence-corrected chi connectivity index (χ4v) is 6.04. The van der Waals surface area contributed by atoms with E-state index in [1.54, 1.807) is 0 Å². The fraction of sp³-hybridized carbons (Fsp3) is 0.429. The lowest BCUT2D eigenvalue weighted by Crippen LogP contribution is -2.37. The van der Waals surface area contributed by atoms with Crippen molar-refractivity contribution in [1.29, 1.82) is 0 Å². The van der Waals surface area contributed by atoms with Crippen LogP contribution < -0.4 is 11.4 Å². The second-order valence-corrected chi connectivity index (χ2v) is 10.2. The Hall–Kier alpha value is -3.36. The molecule has 36 heavy (non-hydrogen) atoms. The van der Waals surface area contributed by atoms with E-state index in [4.69, 9.17) is 0 Å². The molecule has 0 saturated carbocycles. The van der Waals surface area contributed by atoms with Crippen molar-refractivity contribution in [3.8, 4) is 0 Å². The van der Waals surface area contributed by atoms with Crippen molar-refractivity contribution < 1.29 is 0 Å². The molecule has 2 aliphatic heterocycles. The average molecular weight is 487 g/mol. The van der Waals surface area contributed by atoms with E-state index < -0.39 is 0 Å². The standard InChI is InChI=1S/C28H34N6O2/c35-27-29-23-7-1-3-9-25(23)33(27)21-11-17-31(18-12-21)15-5-6-16-32-19-13-22(14-20-32)34-26-10-4-2-8-24(26)30-28(34)36/h1-10,21-22H,11-20H2,(H,29,35)(H,30,36)/b6-5+. The smallest absolute Gasteiger partial charge is 0.306 e. The van der Waals surface area contributed by atoms with Crippen molar-refractivity contribution >= 4 is 22.1 Å². The summed E-state index contributed by atoms with van der Waals surface area (Å²) in [4.78, 5) is 35.9. The van der Waals surface area contributed by atoms with Gasteiger partial charge < -0.3 is 9.97 Å². The number of H-pyrrole nitrogens is 2. The van der Waals surface area contributed by atoms with E-state index in [2.05, 4.69) is 31.9 Å². The Labute approximate surface area is 209 Å². The molecular weight excluding hydrogens is 452 g/mol. The van der Waals surface area contributed by atoms with Crippen molar-refractivity contribution in [2.24, 2.45) is 0 Å². The zero-order valence-corrected chi connectivity index (χ0v) is 20.6. The summed E-state index contributed by atoms with van der Waals surface area (Å²) in [6.07, 6.45) is 8.56. The van der Waals surface area contributed by atoms with E-state index in [-0.39, 0.29) is 23.5 Å². The second kappa shape index (κ2) is 9.95. The van der Waals surface area contributed by atoms with Gasteiger partial charge >= 0.3 is 11.4 Å². The van der Waals surface area contributed by atoms with Gasteiger partial charge in [0, 0.05) is 51.4 Å². The summed E-state index contributed by atoms with van der Waals surface area (Å²) in [5.41, 5.74) is 3.88. The summed E-state index contributed by atoms with van der Waals surface area (Å²) >= 11 is 0. The number of aromatic nitrogens is 4. The predicted octanol–water partition coefficient (Wildman–Crippen LogP) is 3.50. The first kappa shape index (κ1) is 23.1. The molecule has 2 fully saturated rings. The molecule has 2 aliphatic rings. The van der Waals surface area contributed by atoms with Gasteiger partial charge in [-0.15, -0.1) is 0 Å². The normalized spacial score (nSPS) is 19.2. The SMILES string of the molecule is O=c1[nH]c2ccccc2n1C1CCN(C/C=C/CN2CCC(n3c(=O)[nH]c4ccccc43)CC2)CC1. The van der Waals surface area contributed by atoms with Crippen LogP contribution in [0.4, 0.5) is 0 Å². The van der Waals surface area contributed by atoms with Crippen molar-refractivity contribution in [2.45, 2.75) is 37.8 Å². The number of benzene rings is 2. The highest BCUT2D eigenvalue weighted by Gasteiger charge is 2.24. The first-order valence-corrected chi connectivity index (χ1v) is 13.2. The third-order valence-corrected chi connectivity index (χ3v) is 7.99. The molecule has 8 heteroatoms. The van der Waals surface area contributed by atoms with Crippen LogP contribution in [0.5, 0.6) is 0 Å². The molecule has 0 amide bonds. The van der Waals surface area contributed by atoms with Gasteiger partial charge in [0.2, 0.25) is 0 Å². The lowest BCUT2D eigenvalue weighted by Gasteiger charge is -2.32. The number of rotatable bonds is 6. The number of hydrogen-bond donors (Lipinski definition) is 2. The lowest BCUT2D eigenvalue weighted by molar-refractivity contribution is 0.198. The fourth-order valence-electron chi connectivity index (χ4n) is 6.04. The number of nitrogens with zero attached hydrogens (tertiary/aromatic N) is 4. The van der Waals surface area contributed by atoms with E-state index >= 15 is 0 Å². The Balaban J connectivity index is 0.968. The summed E-state index contributed by atoms with van der Waals surface area (Å²) in [6.45, 7) is 5.93. The van der Waals surface area contributed by atoms with Crippen LogP contribution in [0.2, 0.25) is 0 Å². The first-order chi connectivity index (χ1) is 17.7. The van der Waals surface area contributed by atoms with Gasteiger partial charge in [-0.2, -0.15) is 0 Å². The molecule has 2 aromatic carbocycles. The maximum atomic E-state index is 12.5. The van der Waals surface area contributed by atoms with Crippen LogP contribution in [0.1, 0.15) is 37.8 Å². The van der Waals surface area contributed by atoms with Crippen LogP contribution in [0, 0.1) is 0 Å². The number of aromatic amines is 2. The van der Waals surface area contributed by atoms with Crippen LogP contribution in [0.3, 0.4) is 0 Å². The van der Waals surface area contributed by atoms with E-state index in [1.165, 1.54) is 0 Å². The highest BCUT2D eigenvalue weighted by atomic mass is 16.1. The quantitative estimate of drug-likeness (QED) is 0.409. The van der Waals surface area contributed by atoms with E-state index in [1.807, 2.05) is 57.7 Å². The van der Waals surface area contributed by atoms with Crippen LogP contribution >= 0.6 is 0 Å². The number of piperidine rings is 2.